The summed E-state index contributed by atoms with van der Waals surface area (Å²) in [4.78, 5) is 32.5. The van der Waals surface area contributed by atoms with Gasteiger partial charge in [0.05, 0.1) is 18.5 Å². The molecule has 0 aliphatic rings. The van der Waals surface area contributed by atoms with Gasteiger partial charge in [-0.25, -0.2) is 24.3 Å². The number of methoxy groups -OCH3 is 1. The number of ether oxygens (including phenoxy) is 1. The van der Waals surface area contributed by atoms with Crippen molar-refractivity contribution in [1.29, 1.82) is 0 Å². The van der Waals surface area contributed by atoms with E-state index in [9.17, 15) is 9.18 Å². The molecule has 0 saturated carbocycles. The smallest absolute Gasteiger partial charge is 0.316 e. The molecule has 0 aliphatic carbocycles. The van der Waals surface area contributed by atoms with Crippen LogP contribution in [-0.2, 0) is 10.5 Å². The van der Waals surface area contributed by atoms with Gasteiger partial charge in [0.2, 0.25) is 5.91 Å². The maximum atomic E-state index is 14.4. The summed E-state index contributed by atoms with van der Waals surface area (Å²) in [5, 5.41) is 5.80. The number of amides is 1. The minimum Gasteiger partial charge on any atom is -0.467 e. The first-order valence-corrected chi connectivity index (χ1v) is 9.13. The number of aromatic nitrogens is 5. The summed E-state index contributed by atoms with van der Waals surface area (Å²) in [6.45, 7) is 5.94. The lowest BCUT2D eigenvalue weighted by atomic mass is 10.1. The monoisotopic (exact) mass is 411 g/mol. The fourth-order valence-electron chi connectivity index (χ4n) is 2.64. The molecule has 156 valence electrons. The fourth-order valence-corrected chi connectivity index (χ4v) is 2.64. The van der Waals surface area contributed by atoms with Gasteiger partial charge in [0, 0.05) is 42.7 Å². The second-order valence-electron chi connectivity index (χ2n) is 7.04. The minimum absolute atomic E-state index is 0.0615. The number of aryl methyl sites for hydroxylation is 1. The lowest BCUT2D eigenvalue weighted by Crippen LogP contribution is -2.16. The van der Waals surface area contributed by atoms with Crippen LogP contribution in [0.25, 0.3) is 11.3 Å². The van der Waals surface area contributed by atoms with Crippen molar-refractivity contribution in [3.8, 4) is 17.3 Å². The van der Waals surface area contributed by atoms with Gasteiger partial charge in [-0.1, -0.05) is 0 Å². The Bertz CT molecular complexity index is 1080. The van der Waals surface area contributed by atoms with Crippen molar-refractivity contribution in [1.82, 2.24) is 24.9 Å². The number of pyridine rings is 1. The molecule has 0 fully saturated rings. The number of anilines is 3. The third-order valence-corrected chi connectivity index (χ3v) is 3.95. The van der Waals surface area contributed by atoms with E-state index in [1.807, 2.05) is 0 Å². The standard InChI is InChI=1S/C20H22FN7O2/c1-11-8-17(28-18(24-11)20(3,4)21)26-15-9-16(25-12(2)29)23-10-13(15)14-6-7-22-19(27-14)30-5/h6-10H,1-5H3,(H2,23,24,25,26,28,29). The van der Waals surface area contributed by atoms with E-state index in [1.54, 1.807) is 37.5 Å². The van der Waals surface area contributed by atoms with Crippen LogP contribution >= 0.6 is 0 Å². The molecule has 3 heterocycles. The van der Waals surface area contributed by atoms with Crippen LogP contribution in [0.1, 0.15) is 32.3 Å². The largest absolute Gasteiger partial charge is 0.467 e. The molecule has 3 aromatic rings. The lowest BCUT2D eigenvalue weighted by molar-refractivity contribution is -0.114. The van der Waals surface area contributed by atoms with E-state index in [4.69, 9.17) is 4.74 Å². The average Bonchev–Trinajstić information content (AvgIpc) is 2.66. The van der Waals surface area contributed by atoms with E-state index >= 15 is 0 Å². The van der Waals surface area contributed by atoms with E-state index in [-0.39, 0.29) is 17.7 Å². The molecule has 9 nitrogen and oxygen atoms in total. The zero-order chi connectivity index (χ0) is 21.9. The molecule has 0 radical (unpaired) electrons. The van der Waals surface area contributed by atoms with Crippen LogP contribution in [0.4, 0.5) is 21.7 Å². The van der Waals surface area contributed by atoms with Gasteiger partial charge >= 0.3 is 6.01 Å². The molecular weight excluding hydrogens is 389 g/mol. The molecule has 2 N–H and O–H groups in total. The van der Waals surface area contributed by atoms with Crippen molar-refractivity contribution in [2.24, 2.45) is 0 Å². The van der Waals surface area contributed by atoms with Crippen molar-refractivity contribution in [2.75, 3.05) is 17.7 Å². The van der Waals surface area contributed by atoms with Crippen LogP contribution in [-0.4, -0.2) is 37.9 Å². The Morgan fingerprint density at radius 1 is 1.13 bits per heavy atom. The molecule has 0 spiro atoms. The number of nitrogens with one attached hydrogen (secondary N) is 2. The molecule has 3 aromatic heterocycles. The molecule has 0 aliphatic heterocycles. The average molecular weight is 411 g/mol. The van der Waals surface area contributed by atoms with E-state index in [0.717, 1.165) is 0 Å². The predicted molar refractivity (Wildman–Crippen MR) is 110 cm³/mol. The zero-order valence-corrected chi connectivity index (χ0v) is 17.3. The van der Waals surface area contributed by atoms with Crippen LogP contribution in [0.2, 0.25) is 0 Å². The molecule has 1 amide bonds. The Hall–Kier alpha value is -3.69. The maximum Gasteiger partial charge on any atom is 0.316 e. The Morgan fingerprint density at radius 3 is 2.57 bits per heavy atom. The molecule has 0 saturated heterocycles. The minimum atomic E-state index is -1.70. The van der Waals surface area contributed by atoms with Crippen LogP contribution in [0.15, 0.2) is 30.6 Å². The molecule has 0 atom stereocenters. The Morgan fingerprint density at radius 2 is 1.90 bits per heavy atom. The normalized spacial score (nSPS) is 11.1. The van der Waals surface area contributed by atoms with Gasteiger partial charge in [-0.15, -0.1) is 0 Å². The summed E-state index contributed by atoms with van der Waals surface area (Å²) < 4.78 is 19.5. The van der Waals surface area contributed by atoms with E-state index in [2.05, 4.69) is 35.6 Å². The molecule has 0 aromatic carbocycles. The summed E-state index contributed by atoms with van der Waals surface area (Å²) in [5.74, 6) is 0.535. The van der Waals surface area contributed by atoms with Crippen molar-refractivity contribution in [3.05, 3.63) is 42.1 Å². The lowest BCUT2D eigenvalue weighted by Gasteiger charge is -2.17. The summed E-state index contributed by atoms with van der Waals surface area (Å²) in [6.07, 6.45) is 3.12. The summed E-state index contributed by atoms with van der Waals surface area (Å²) >= 11 is 0. The van der Waals surface area contributed by atoms with Gasteiger partial charge in [0.25, 0.3) is 0 Å². The predicted octanol–water partition coefficient (Wildman–Crippen LogP) is 3.55. The Balaban J connectivity index is 2.09. The molecule has 0 bridgehead atoms. The van der Waals surface area contributed by atoms with Gasteiger partial charge in [-0.3, -0.25) is 4.79 Å². The van der Waals surface area contributed by atoms with Crippen LogP contribution in [0.3, 0.4) is 0 Å². The fraction of sp³-hybridized carbons (Fsp3) is 0.300. The van der Waals surface area contributed by atoms with Crippen molar-refractivity contribution in [3.63, 3.8) is 0 Å². The van der Waals surface area contributed by atoms with Crippen molar-refractivity contribution < 1.29 is 13.9 Å². The van der Waals surface area contributed by atoms with Gasteiger partial charge in [-0.05, 0) is 26.8 Å². The van der Waals surface area contributed by atoms with Gasteiger partial charge in [0.1, 0.15) is 11.6 Å². The number of carbonyl (C=O) groups is 1. The van der Waals surface area contributed by atoms with Gasteiger partial charge in [-0.2, -0.15) is 4.98 Å². The van der Waals surface area contributed by atoms with E-state index < -0.39 is 5.67 Å². The molecular formula is C20H22FN7O2. The van der Waals surface area contributed by atoms with E-state index in [1.165, 1.54) is 27.9 Å². The number of hydrogen-bond donors (Lipinski definition) is 2. The third-order valence-electron chi connectivity index (χ3n) is 3.95. The molecule has 3 rings (SSSR count). The maximum absolute atomic E-state index is 14.4. The van der Waals surface area contributed by atoms with Crippen LogP contribution < -0.4 is 15.4 Å². The third kappa shape index (κ3) is 5.02. The summed E-state index contributed by atoms with van der Waals surface area (Å²) in [7, 11) is 1.47. The summed E-state index contributed by atoms with van der Waals surface area (Å²) in [5.41, 5.74) is 0.611. The summed E-state index contributed by atoms with van der Waals surface area (Å²) in [6, 6.07) is 5.23. The number of hydrogen-bond acceptors (Lipinski definition) is 8. The van der Waals surface area contributed by atoms with E-state index in [0.29, 0.717) is 34.3 Å². The first-order chi connectivity index (χ1) is 14.2. The van der Waals surface area contributed by atoms with Crippen molar-refractivity contribution in [2.45, 2.75) is 33.4 Å². The highest BCUT2D eigenvalue weighted by molar-refractivity contribution is 5.89. The second-order valence-corrected chi connectivity index (χ2v) is 7.04. The highest BCUT2D eigenvalue weighted by atomic mass is 19.1. The quantitative estimate of drug-likeness (QED) is 0.633. The second kappa shape index (κ2) is 8.36. The molecule has 0 unspecified atom stereocenters. The number of rotatable bonds is 6. The van der Waals surface area contributed by atoms with Crippen LogP contribution in [0.5, 0.6) is 6.01 Å². The topological polar surface area (TPSA) is 115 Å². The highest BCUT2D eigenvalue weighted by Gasteiger charge is 2.23. The molecule has 30 heavy (non-hydrogen) atoms. The Kier molecular flexibility index (Phi) is 5.86. The zero-order valence-electron chi connectivity index (χ0n) is 17.3. The number of carbonyl (C=O) groups excluding carboxylic acids is 1. The van der Waals surface area contributed by atoms with Gasteiger partial charge < -0.3 is 15.4 Å². The number of nitrogens with zero attached hydrogens (tertiary/aromatic N) is 5. The first-order valence-electron chi connectivity index (χ1n) is 9.13. The number of halogens is 1. The first kappa shape index (κ1) is 21.0. The number of alkyl halides is 1. The highest BCUT2D eigenvalue weighted by Crippen LogP contribution is 2.31. The molecule has 10 heteroatoms. The van der Waals surface area contributed by atoms with Crippen molar-refractivity contribution >= 4 is 23.2 Å². The SMILES string of the molecule is COc1nccc(-c2cnc(NC(C)=O)cc2Nc2cc(C)nc(C(C)(C)F)n2)n1. The van der Waals surface area contributed by atoms with Crippen LogP contribution in [0, 0.1) is 6.92 Å². The van der Waals surface area contributed by atoms with Gasteiger partial charge in [0.15, 0.2) is 11.5 Å². The Labute approximate surface area is 173 Å².